The normalized spacial score (nSPS) is 10.8. The van der Waals surface area contributed by atoms with Crippen molar-refractivity contribution in [1.82, 2.24) is 5.43 Å². The van der Waals surface area contributed by atoms with Crippen LogP contribution in [0.2, 0.25) is 5.02 Å². The van der Waals surface area contributed by atoms with Crippen LogP contribution in [0.3, 0.4) is 0 Å². The van der Waals surface area contributed by atoms with E-state index in [0.717, 1.165) is 16.3 Å². The second-order valence-corrected chi connectivity index (χ2v) is 8.59. The lowest BCUT2D eigenvalue weighted by Gasteiger charge is -2.12. The van der Waals surface area contributed by atoms with Gasteiger partial charge >= 0.3 is 5.97 Å². The van der Waals surface area contributed by atoms with E-state index < -0.39 is 11.9 Å². The highest BCUT2D eigenvalue weighted by Gasteiger charge is 2.14. The second-order valence-electron chi connectivity index (χ2n) is 8.15. The van der Waals surface area contributed by atoms with Gasteiger partial charge in [0.05, 0.1) is 18.9 Å². The number of nitrogens with one attached hydrogen (secondary N) is 1. The fourth-order valence-corrected chi connectivity index (χ4v) is 3.84. The first-order valence-electron chi connectivity index (χ1n) is 11.7. The third-order valence-electron chi connectivity index (χ3n) is 5.56. The number of benzene rings is 4. The highest BCUT2D eigenvalue weighted by Crippen LogP contribution is 2.29. The van der Waals surface area contributed by atoms with Gasteiger partial charge in [-0.2, -0.15) is 5.10 Å². The zero-order chi connectivity index (χ0) is 26.9. The van der Waals surface area contributed by atoms with E-state index in [-0.39, 0.29) is 6.61 Å². The van der Waals surface area contributed by atoms with Crippen molar-refractivity contribution in [3.05, 3.63) is 113 Å². The highest BCUT2D eigenvalue weighted by molar-refractivity contribution is 6.30. The number of hydrazone groups is 1. The molecule has 0 aliphatic heterocycles. The number of methoxy groups -OCH3 is 1. The summed E-state index contributed by atoms with van der Waals surface area (Å²) in [7, 11) is 1.53. The molecule has 0 heterocycles. The maximum atomic E-state index is 12.7. The van der Waals surface area contributed by atoms with Crippen molar-refractivity contribution >= 4 is 40.5 Å². The molecule has 0 unspecified atom stereocenters. The lowest BCUT2D eigenvalue weighted by atomic mass is 10.0. The number of nitrogens with zero attached hydrogens (tertiary/aromatic N) is 1. The van der Waals surface area contributed by atoms with Gasteiger partial charge in [-0.05, 0) is 65.2 Å². The van der Waals surface area contributed by atoms with Crippen LogP contribution in [0.1, 0.15) is 21.5 Å². The van der Waals surface area contributed by atoms with Crippen LogP contribution in [0.4, 0.5) is 0 Å². The Morgan fingerprint density at radius 3 is 2.50 bits per heavy atom. The second kappa shape index (κ2) is 12.6. The van der Waals surface area contributed by atoms with Gasteiger partial charge < -0.3 is 14.2 Å². The van der Waals surface area contributed by atoms with Crippen molar-refractivity contribution in [2.75, 3.05) is 13.7 Å². The summed E-state index contributed by atoms with van der Waals surface area (Å²) in [6, 6.07) is 23.0. The molecular weight excluding hydrogens is 504 g/mol. The monoisotopic (exact) mass is 528 g/mol. The van der Waals surface area contributed by atoms with Crippen LogP contribution in [0, 0.1) is 0 Å². The number of esters is 1. The summed E-state index contributed by atoms with van der Waals surface area (Å²) in [5.41, 5.74) is 4.35. The SMILES string of the molecule is C=CCc1ccc(OCC(=O)N/N=C/c2c(OC(=O)c3ccc(Cl)cc3)ccc3ccccc23)c(OC)c1. The molecule has 8 heteroatoms. The summed E-state index contributed by atoms with van der Waals surface area (Å²) in [6.45, 7) is 3.45. The molecule has 192 valence electrons. The molecule has 38 heavy (non-hydrogen) atoms. The van der Waals surface area contributed by atoms with Crippen molar-refractivity contribution in [2.45, 2.75) is 6.42 Å². The number of carbonyl (C=O) groups is 2. The average molecular weight is 529 g/mol. The lowest BCUT2D eigenvalue weighted by molar-refractivity contribution is -0.123. The van der Waals surface area contributed by atoms with Gasteiger partial charge in [-0.25, -0.2) is 10.2 Å². The van der Waals surface area contributed by atoms with E-state index in [9.17, 15) is 9.59 Å². The quantitative estimate of drug-likeness (QED) is 0.0899. The molecule has 4 aromatic carbocycles. The Kier molecular flexibility index (Phi) is 8.74. The number of hydrogen-bond acceptors (Lipinski definition) is 6. The standard InChI is InChI=1S/C30H25ClN2O5/c1-3-6-20-9-15-27(28(17-20)36-2)37-19-29(34)33-32-18-25-24-8-5-4-7-21(24)12-16-26(25)38-30(35)22-10-13-23(31)14-11-22/h3-5,7-18H,1,6,19H2,2H3,(H,33,34)/b32-18+. The molecule has 0 radical (unpaired) electrons. The van der Waals surface area contributed by atoms with Gasteiger partial charge in [-0.3, -0.25) is 4.79 Å². The Balaban J connectivity index is 1.47. The number of rotatable bonds is 10. The molecule has 0 aromatic heterocycles. The van der Waals surface area contributed by atoms with Crippen LogP contribution in [-0.4, -0.2) is 31.8 Å². The van der Waals surface area contributed by atoms with E-state index in [0.29, 0.717) is 39.8 Å². The van der Waals surface area contributed by atoms with Crippen molar-refractivity contribution in [2.24, 2.45) is 5.10 Å². The molecule has 0 saturated carbocycles. The van der Waals surface area contributed by atoms with E-state index in [1.807, 2.05) is 42.5 Å². The van der Waals surface area contributed by atoms with E-state index in [1.54, 1.807) is 42.5 Å². The van der Waals surface area contributed by atoms with Gasteiger partial charge in [0.25, 0.3) is 5.91 Å². The summed E-state index contributed by atoms with van der Waals surface area (Å²) in [5.74, 6) is 0.228. The molecule has 0 bridgehead atoms. The van der Waals surface area contributed by atoms with E-state index >= 15 is 0 Å². The predicted octanol–water partition coefficient (Wildman–Crippen LogP) is 5.98. The zero-order valence-corrected chi connectivity index (χ0v) is 21.4. The molecule has 1 N–H and O–H groups in total. The number of amides is 1. The van der Waals surface area contributed by atoms with E-state index in [2.05, 4.69) is 17.1 Å². The van der Waals surface area contributed by atoms with Gasteiger partial charge in [-0.15, -0.1) is 6.58 Å². The molecule has 0 aliphatic rings. The molecule has 4 rings (SSSR count). The third-order valence-corrected chi connectivity index (χ3v) is 5.81. The Bertz CT molecular complexity index is 1500. The minimum Gasteiger partial charge on any atom is -0.493 e. The lowest BCUT2D eigenvalue weighted by Crippen LogP contribution is -2.24. The van der Waals surface area contributed by atoms with Crippen LogP contribution in [0.15, 0.2) is 96.6 Å². The van der Waals surface area contributed by atoms with Crippen LogP contribution in [0.5, 0.6) is 17.2 Å². The van der Waals surface area contributed by atoms with Gasteiger partial charge in [0.1, 0.15) is 5.75 Å². The molecule has 0 atom stereocenters. The molecule has 0 aliphatic carbocycles. The summed E-state index contributed by atoms with van der Waals surface area (Å²) in [6.07, 6.45) is 3.92. The number of fused-ring (bicyclic) bond motifs is 1. The number of halogens is 1. The smallest absolute Gasteiger partial charge is 0.343 e. The molecule has 4 aromatic rings. The Labute approximate surface area is 225 Å². The number of hydrogen-bond donors (Lipinski definition) is 1. The van der Waals surface area contributed by atoms with Crippen LogP contribution in [0.25, 0.3) is 10.8 Å². The third kappa shape index (κ3) is 6.57. The van der Waals surface area contributed by atoms with E-state index in [1.165, 1.54) is 13.3 Å². The van der Waals surface area contributed by atoms with Crippen molar-refractivity contribution in [3.63, 3.8) is 0 Å². The van der Waals surface area contributed by atoms with Gasteiger partial charge in [0.15, 0.2) is 18.1 Å². The number of carbonyl (C=O) groups excluding carboxylic acids is 2. The Hall–Kier alpha value is -4.62. The van der Waals surface area contributed by atoms with Crippen LogP contribution in [-0.2, 0) is 11.2 Å². The fraction of sp³-hybridized carbons (Fsp3) is 0.100. The molecular formula is C30H25ClN2O5. The molecule has 1 amide bonds. The van der Waals surface area contributed by atoms with Crippen molar-refractivity contribution < 1.29 is 23.8 Å². The first kappa shape index (κ1) is 26.4. The van der Waals surface area contributed by atoms with Crippen molar-refractivity contribution in [1.29, 1.82) is 0 Å². The summed E-state index contributed by atoms with van der Waals surface area (Å²) in [5, 5.41) is 6.32. The maximum Gasteiger partial charge on any atom is 0.343 e. The predicted molar refractivity (Wildman–Crippen MR) is 148 cm³/mol. The topological polar surface area (TPSA) is 86.2 Å². The average Bonchev–Trinajstić information content (AvgIpc) is 2.93. The molecule has 0 fully saturated rings. The zero-order valence-electron chi connectivity index (χ0n) is 20.6. The maximum absolute atomic E-state index is 12.7. The van der Waals surface area contributed by atoms with Crippen molar-refractivity contribution in [3.8, 4) is 17.2 Å². The number of ether oxygens (including phenoxy) is 3. The van der Waals surface area contributed by atoms with Crippen LogP contribution < -0.4 is 19.6 Å². The van der Waals surface area contributed by atoms with Crippen LogP contribution >= 0.6 is 11.6 Å². The molecule has 7 nitrogen and oxygen atoms in total. The van der Waals surface area contributed by atoms with Gasteiger partial charge in [0, 0.05) is 10.6 Å². The number of allylic oxidation sites excluding steroid dienone is 1. The molecule has 0 saturated heterocycles. The van der Waals surface area contributed by atoms with Gasteiger partial charge in [0.2, 0.25) is 0 Å². The first-order valence-corrected chi connectivity index (χ1v) is 12.1. The van der Waals surface area contributed by atoms with Gasteiger partial charge in [-0.1, -0.05) is 54.1 Å². The fourth-order valence-electron chi connectivity index (χ4n) is 3.71. The Morgan fingerprint density at radius 1 is 0.974 bits per heavy atom. The highest BCUT2D eigenvalue weighted by atomic mass is 35.5. The Morgan fingerprint density at radius 2 is 1.74 bits per heavy atom. The van der Waals surface area contributed by atoms with E-state index in [4.69, 9.17) is 25.8 Å². The summed E-state index contributed by atoms with van der Waals surface area (Å²) >= 11 is 5.92. The minimum absolute atomic E-state index is 0.275. The summed E-state index contributed by atoms with van der Waals surface area (Å²) < 4.78 is 16.6. The summed E-state index contributed by atoms with van der Waals surface area (Å²) in [4.78, 5) is 25.1. The first-order chi connectivity index (χ1) is 18.5. The molecule has 0 spiro atoms. The largest absolute Gasteiger partial charge is 0.493 e. The minimum atomic E-state index is -0.544.